The lowest BCUT2D eigenvalue weighted by Crippen LogP contribution is -2.35. The molecule has 25 heavy (non-hydrogen) atoms. The predicted octanol–water partition coefficient (Wildman–Crippen LogP) is 2.00. The zero-order chi connectivity index (χ0) is 18.9. The summed E-state index contributed by atoms with van der Waals surface area (Å²) in [5.41, 5.74) is 0.0965. The fourth-order valence-electron chi connectivity index (χ4n) is 2.64. The topological polar surface area (TPSA) is 96.9 Å². The minimum absolute atomic E-state index is 0.0527. The van der Waals surface area contributed by atoms with Gasteiger partial charge in [-0.15, -0.1) is 0 Å². The van der Waals surface area contributed by atoms with E-state index in [2.05, 4.69) is 15.3 Å². The Hall–Kier alpha value is -2.44. The van der Waals surface area contributed by atoms with E-state index in [1.807, 2.05) is 41.5 Å². The van der Waals surface area contributed by atoms with Crippen LogP contribution in [0.3, 0.4) is 0 Å². The molecule has 7 nitrogen and oxygen atoms in total. The molecule has 0 atom stereocenters. The van der Waals surface area contributed by atoms with E-state index in [1.54, 1.807) is 6.07 Å². The van der Waals surface area contributed by atoms with Gasteiger partial charge in [-0.05, 0) is 31.7 Å². The highest BCUT2D eigenvalue weighted by Crippen LogP contribution is 2.20. The molecule has 2 N–H and O–H groups in total. The summed E-state index contributed by atoms with van der Waals surface area (Å²) in [6.45, 7) is 12.0. The first-order chi connectivity index (χ1) is 11.6. The monoisotopic (exact) mass is 346 g/mol. The molecule has 0 aliphatic heterocycles. The summed E-state index contributed by atoms with van der Waals surface area (Å²) in [6, 6.07) is 1.57. The molecular weight excluding hydrogens is 320 g/mol. The molecule has 0 aromatic carbocycles. The minimum atomic E-state index is -0.586. The van der Waals surface area contributed by atoms with Gasteiger partial charge in [0, 0.05) is 18.3 Å². The van der Waals surface area contributed by atoms with Crippen molar-refractivity contribution in [1.82, 2.24) is 19.9 Å². The van der Waals surface area contributed by atoms with Gasteiger partial charge in [-0.3, -0.25) is 19.1 Å². The van der Waals surface area contributed by atoms with E-state index in [0.717, 1.165) is 0 Å². The van der Waals surface area contributed by atoms with Crippen LogP contribution in [0.15, 0.2) is 15.7 Å². The van der Waals surface area contributed by atoms with E-state index < -0.39 is 11.2 Å². The molecule has 0 radical (unpaired) electrons. The van der Waals surface area contributed by atoms with Gasteiger partial charge in [0.25, 0.3) is 11.5 Å². The molecule has 1 amide bonds. The molecular formula is C18H26N4O3. The molecule has 0 saturated carbocycles. The average molecular weight is 346 g/mol. The number of rotatable bonds is 5. The Morgan fingerprint density at radius 3 is 2.36 bits per heavy atom. The highest BCUT2D eigenvalue weighted by atomic mass is 16.2. The Bertz CT molecular complexity index is 907. The maximum atomic E-state index is 12.6. The second kappa shape index (κ2) is 7.21. The zero-order valence-electron chi connectivity index (χ0n) is 15.6. The Labute approximate surface area is 146 Å². The SMILES string of the molecule is CC(C)Cn1c(=O)[nH]c(=O)c2c(C(=O)NC(C)C)cc(C(C)C)nc21. The second-order valence-electron chi connectivity index (χ2n) is 7.34. The van der Waals surface area contributed by atoms with Crippen LogP contribution in [-0.2, 0) is 6.54 Å². The number of pyridine rings is 1. The zero-order valence-corrected chi connectivity index (χ0v) is 15.6. The third-order valence-electron chi connectivity index (χ3n) is 3.77. The quantitative estimate of drug-likeness (QED) is 0.865. The van der Waals surface area contributed by atoms with Crippen LogP contribution in [0.25, 0.3) is 11.0 Å². The molecule has 2 aromatic rings. The molecule has 2 aromatic heterocycles. The Morgan fingerprint density at radius 2 is 1.84 bits per heavy atom. The van der Waals surface area contributed by atoms with Crippen LogP contribution in [0, 0.1) is 5.92 Å². The third-order valence-corrected chi connectivity index (χ3v) is 3.77. The number of H-pyrrole nitrogens is 1. The average Bonchev–Trinajstić information content (AvgIpc) is 2.49. The van der Waals surface area contributed by atoms with Gasteiger partial charge in [0.2, 0.25) is 0 Å². The summed E-state index contributed by atoms with van der Waals surface area (Å²) >= 11 is 0. The van der Waals surface area contributed by atoms with Crippen molar-refractivity contribution in [1.29, 1.82) is 0 Å². The van der Waals surface area contributed by atoms with Crippen molar-refractivity contribution in [3.8, 4) is 0 Å². The first kappa shape index (κ1) is 18.9. The van der Waals surface area contributed by atoms with E-state index in [1.165, 1.54) is 4.57 Å². The molecule has 7 heteroatoms. The fraction of sp³-hybridized carbons (Fsp3) is 0.556. The first-order valence-corrected chi connectivity index (χ1v) is 8.60. The highest BCUT2D eigenvalue weighted by Gasteiger charge is 2.21. The van der Waals surface area contributed by atoms with E-state index in [9.17, 15) is 14.4 Å². The van der Waals surface area contributed by atoms with Gasteiger partial charge in [-0.1, -0.05) is 27.7 Å². The minimum Gasteiger partial charge on any atom is -0.350 e. The van der Waals surface area contributed by atoms with Crippen LogP contribution in [0.1, 0.15) is 63.5 Å². The van der Waals surface area contributed by atoms with Crippen LogP contribution in [0.4, 0.5) is 0 Å². The number of hydrogen-bond donors (Lipinski definition) is 2. The van der Waals surface area contributed by atoms with Crippen molar-refractivity contribution in [2.75, 3.05) is 0 Å². The normalized spacial score (nSPS) is 11.7. The molecule has 0 spiro atoms. The standard InChI is InChI=1S/C18H26N4O3/c1-9(2)8-22-15-14(17(24)21-18(22)25)12(16(23)19-11(5)6)7-13(20-15)10(3)4/h7,9-11H,8H2,1-6H3,(H,19,23)(H,21,24,25). The smallest absolute Gasteiger partial charge is 0.330 e. The van der Waals surface area contributed by atoms with Crippen molar-refractivity contribution in [3.63, 3.8) is 0 Å². The third kappa shape index (κ3) is 3.97. The predicted molar refractivity (Wildman–Crippen MR) is 98.2 cm³/mol. The molecule has 0 aliphatic rings. The van der Waals surface area contributed by atoms with Gasteiger partial charge in [0.1, 0.15) is 0 Å². The number of aromatic nitrogens is 3. The summed E-state index contributed by atoms with van der Waals surface area (Å²) in [4.78, 5) is 44.2. The summed E-state index contributed by atoms with van der Waals surface area (Å²) in [5, 5.41) is 2.97. The molecule has 0 fully saturated rings. The number of nitrogens with zero attached hydrogens (tertiary/aromatic N) is 2. The number of nitrogens with one attached hydrogen (secondary N) is 2. The lowest BCUT2D eigenvalue weighted by Gasteiger charge is -2.16. The Morgan fingerprint density at radius 1 is 1.20 bits per heavy atom. The lowest BCUT2D eigenvalue weighted by atomic mass is 10.0. The maximum Gasteiger partial charge on any atom is 0.330 e. The van der Waals surface area contributed by atoms with E-state index >= 15 is 0 Å². The number of fused-ring (bicyclic) bond motifs is 1. The van der Waals surface area contributed by atoms with E-state index in [0.29, 0.717) is 12.2 Å². The molecule has 0 aliphatic carbocycles. The lowest BCUT2D eigenvalue weighted by molar-refractivity contribution is 0.0944. The first-order valence-electron chi connectivity index (χ1n) is 8.60. The van der Waals surface area contributed by atoms with Crippen molar-refractivity contribution in [2.45, 2.75) is 60.0 Å². The van der Waals surface area contributed by atoms with Crippen LogP contribution in [0.2, 0.25) is 0 Å². The van der Waals surface area contributed by atoms with Crippen LogP contribution >= 0.6 is 0 Å². The van der Waals surface area contributed by atoms with Crippen molar-refractivity contribution < 1.29 is 4.79 Å². The van der Waals surface area contributed by atoms with Crippen LogP contribution in [0.5, 0.6) is 0 Å². The van der Waals surface area contributed by atoms with Gasteiger partial charge >= 0.3 is 5.69 Å². The molecule has 2 rings (SSSR count). The van der Waals surface area contributed by atoms with Crippen molar-refractivity contribution >= 4 is 16.9 Å². The van der Waals surface area contributed by atoms with Gasteiger partial charge in [0.15, 0.2) is 5.65 Å². The summed E-state index contributed by atoms with van der Waals surface area (Å²) in [6.07, 6.45) is 0. The van der Waals surface area contributed by atoms with Gasteiger partial charge < -0.3 is 5.32 Å². The van der Waals surface area contributed by atoms with Gasteiger partial charge in [-0.2, -0.15) is 0 Å². The summed E-state index contributed by atoms with van der Waals surface area (Å²) in [7, 11) is 0. The maximum absolute atomic E-state index is 12.6. The van der Waals surface area contributed by atoms with E-state index in [4.69, 9.17) is 0 Å². The van der Waals surface area contributed by atoms with Crippen LogP contribution < -0.4 is 16.6 Å². The number of hydrogen-bond acceptors (Lipinski definition) is 4. The van der Waals surface area contributed by atoms with Crippen molar-refractivity contribution in [2.24, 2.45) is 5.92 Å². The highest BCUT2D eigenvalue weighted by molar-refractivity contribution is 6.05. The Balaban J connectivity index is 2.90. The summed E-state index contributed by atoms with van der Waals surface area (Å²) < 4.78 is 1.44. The molecule has 136 valence electrons. The largest absolute Gasteiger partial charge is 0.350 e. The molecule has 0 bridgehead atoms. The van der Waals surface area contributed by atoms with Gasteiger partial charge in [-0.25, -0.2) is 9.78 Å². The van der Waals surface area contributed by atoms with Crippen molar-refractivity contribution in [3.05, 3.63) is 38.2 Å². The molecule has 0 saturated heterocycles. The fourth-order valence-corrected chi connectivity index (χ4v) is 2.64. The molecule has 0 unspecified atom stereocenters. The van der Waals surface area contributed by atoms with Crippen LogP contribution in [-0.4, -0.2) is 26.5 Å². The Kier molecular flexibility index (Phi) is 5.45. The number of aromatic amines is 1. The summed E-state index contributed by atoms with van der Waals surface area (Å²) in [5.74, 6) is -0.106. The molecule has 2 heterocycles. The van der Waals surface area contributed by atoms with Gasteiger partial charge in [0.05, 0.1) is 10.9 Å². The second-order valence-corrected chi connectivity index (χ2v) is 7.34. The number of amides is 1. The number of carbonyl (C=O) groups is 1. The van der Waals surface area contributed by atoms with E-state index in [-0.39, 0.29) is 40.4 Å². The number of carbonyl (C=O) groups excluding carboxylic acids is 1.